The summed E-state index contributed by atoms with van der Waals surface area (Å²) in [5.74, 6) is -0.841. The molecular weight excluding hydrogens is 274 g/mol. The Balaban J connectivity index is 2.27. The molecule has 0 unspecified atom stereocenters. The van der Waals surface area contributed by atoms with Gasteiger partial charge in [0.15, 0.2) is 11.5 Å². The van der Waals surface area contributed by atoms with E-state index in [0.717, 1.165) is 0 Å². The molecule has 0 spiro atoms. The third kappa shape index (κ3) is 2.79. The summed E-state index contributed by atoms with van der Waals surface area (Å²) in [6.45, 7) is 2.49. The van der Waals surface area contributed by atoms with Gasteiger partial charge >= 0.3 is 5.97 Å². The summed E-state index contributed by atoms with van der Waals surface area (Å²) in [6.07, 6.45) is 0. The van der Waals surface area contributed by atoms with Crippen molar-refractivity contribution in [3.05, 3.63) is 23.8 Å². The molecule has 2 rings (SSSR count). The summed E-state index contributed by atoms with van der Waals surface area (Å²) < 4.78 is 10.4. The van der Waals surface area contributed by atoms with Crippen LogP contribution in [0.3, 0.4) is 0 Å². The number of hydrogen-bond donors (Lipinski definition) is 1. The van der Waals surface area contributed by atoms with Crippen molar-refractivity contribution in [3.63, 3.8) is 0 Å². The minimum atomic E-state index is -0.865. The Hall–Kier alpha value is -2.24. The number of nitrogens with zero attached hydrogens (tertiary/aromatic N) is 1. The molecule has 1 heterocycles. The van der Waals surface area contributed by atoms with Crippen molar-refractivity contribution < 1.29 is 24.2 Å². The number of amides is 1. The van der Waals surface area contributed by atoms with E-state index in [4.69, 9.17) is 14.6 Å². The van der Waals surface area contributed by atoms with Crippen molar-refractivity contribution in [3.8, 4) is 11.5 Å². The molecular formula is C15H19NO5. The van der Waals surface area contributed by atoms with Gasteiger partial charge in [-0.3, -0.25) is 9.59 Å². The fourth-order valence-corrected chi connectivity index (χ4v) is 2.68. The largest absolute Gasteiger partial charge is 0.493 e. The molecule has 0 radical (unpaired) electrons. The normalized spacial score (nSPS) is 21.2. The van der Waals surface area contributed by atoms with Gasteiger partial charge in [-0.05, 0) is 18.1 Å². The Morgan fingerprint density at radius 2 is 1.95 bits per heavy atom. The molecule has 0 aliphatic carbocycles. The van der Waals surface area contributed by atoms with Gasteiger partial charge in [-0.2, -0.15) is 0 Å². The van der Waals surface area contributed by atoms with E-state index in [1.54, 1.807) is 23.1 Å². The lowest BCUT2D eigenvalue weighted by Gasteiger charge is -2.18. The number of carbonyl (C=O) groups excluding carboxylic acids is 1. The second-order valence-electron chi connectivity index (χ2n) is 5.17. The van der Waals surface area contributed by atoms with E-state index >= 15 is 0 Å². The number of hydrogen-bond acceptors (Lipinski definition) is 4. The summed E-state index contributed by atoms with van der Waals surface area (Å²) in [5.41, 5.74) is 0.384. The molecule has 21 heavy (non-hydrogen) atoms. The van der Waals surface area contributed by atoms with Crippen LogP contribution in [-0.4, -0.2) is 49.2 Å². The zero-order chi connectivity index (χ0) is 15.6. The molecule has 0 aromatic heterocycles. The Kier molecular flexibility index (Phi) is 4.35. The first-order chi connectivity index (χ1) is 9.99. The highest BCUT2D eigenvalue weighted by atomic mass is 16.5. The van der Waals surface area contributed by atoms with Gasteiger partial charge in [0.1, 0.15) is 0 Å². The fraction of sp³-hybridized carbons (Fsp3) is 0.467. The minimum absolute atomic E-state index is 0.0666. The van der Waals surface area contributed by atoms with Crippen LogP contribution in [0.4, 0.5) is 0 Å². The summed E-state index contributed by atoms with van der Waals surface area (Å²) >= 11 is 0. The van der Waals surface area contributed by atoms with Crippen molar-refractivity contribution >= 4 is 11.9 Å². The van der Waals surface area contributed by atoms with Crippen LogP contribution >= 0.6 is 0 Å². The van der Waals surface area contributed by atoms with Gasteiger partial charge in [0.2, 0.25) is 0 Å². The summed E-state index contributed by atoms with van der Waals surface area (Å²) in [5, 5.41) is 9.15. The predicted octanol–water partition coefficient (Wildman–Crippen LogP) is 1.50. The molecule has 114 valence electrons. The SMILES string of the molecule is COc1cccc(C(=O)N2C[C@@H](C)[C@H](C(=O)O)C2)c1OC. The molecule has 0 saturated carbocycles. The number of methoxy groups -OCH3 is 2. The maximum absolute atomic E-state index is 12.6. The van der Waals surface area contributed by atoms with Gasteiger partial charge in [0.25, 0.3) is 5.91 Å². The highest BCUT2D eigenvalue weighted by molar-refractivity contribution is 5.98. The topological polar surface area (TPSA) is 76.1 Å². The van der Waals surface area contributed by atoms with E-state index in [-0.39, 0.29) is 18.4 Å². The van der Waals surface area contributed by atoms with Gasteiger partial charge in [-0.1, -0.05) is 13.0 Å². The fourth-order valence-electron chi connectivity index (χ4n) is 2.68. The van der Waals surface area contributed by atoms with Crippen molar-refractivity contribution in [2.45, 2.75) is 6.92 Å². The quantitative estimate of drug-likeness (QED) is 0.910. The molecule has 1 fully saturated rings. The van der Waals surface area contributed by atoms with Gasteiger partial charge in [0.05, 0.1) is 25.7 Å². The van der Waals surface area contributed by atoms with E-state index in [9.17, 15) is 9.59 Å². The predicted molar refractivity (Wildman–Crippen MR) is 75.7 cm³/mol. The highest BCUT2D eigenvalue weighted by Crippen LogP contribution is 2.33. The maximum Gasteiger partial charge on any atom is 0.308 e. The first-order valence-corrected chi connectivity index (χ1v) is 6.72. The molecule has 0 bridgehead atoms. The molecule has 6 nitrogen and oxygen atoms in total. The maximum atomic E-state index is 12.6. The summed E-state index contributed by atoms with van der Waals surface area (Å²) in [4.78, 5) is 25.3. The zero-order valence-electron chi connectivity index (χ0n) is 12.3. The average molecular weight is 293 g/mol. The molecule has 1 N–H and O–H groups in total. The van der Waals surface area contributed by atoms with Crippen LogP contribution in [0.15, 0.2) is 18.2 Å². The molecule has 2 atom stereocenters. The third-order valence-electron chi connectivity index (χ3n) is 3.85. The molecule has 1 aliphatic heterocycles. The first kappa shape index (κ1) is 15.2. The van der Waals surface area contributed by atoms with Crippen LogP contribution in [0.1, 0.15) is 17.3 Å². The van der Waals surface area contributed by atoms with Crippen LogP contribution in [0.25, 0.3) is 0 Å². The van der Waals surface area contributed by atoms with Crippen molar-refractivity contribution in [2.75, 3.05) is 27.3 Å². The van der Waals surface area contributed by atoms with Crippen LogP contribution in [0.2, 0.25) is 0 Å². The Bertz CT molecular complexity index is 557. The van der Waals surface area contributed by atoms with E-state index in [0.29, 0.717) is 23.6 Å². The summed E-state index contributed by atoms with van der Waals surface area (Å²) in [7, 11) is 2.98. The lowest BCUT2D eigenvalue weighted by molar-refractivity contribution is -0.142. The molecule has 1 aromatic carbocycles. The number of carbonyl (C=O) groups is 2. The smallest absolute Gasteiger partial charge is 0.308 e. The third-order valence-corrected chi connectivity index (χ3v) is 3.85. The van der Waals surface area contributed by atoms with Crippen LogP contribution in [0.5, 0.6) is 11.5 Å². The Morgan fingerprint density at radius 1 is 1.24 bits per heavy atom. The monoisotopic (exact) mass is 293 g/mol. The molecule has 1 amide bonds. The number of ether oxygens (including phenoxy) is 2. The van der Waals surface area contributed by atoms with Crippen molar-refractivity contribution in [1.29, 1.82) is 0 Å². The number of benzene rings is 1. The van der Waals surface area contributed by atoms with Crippen molar-refractivity contribution in [2.24, 2.45) is 11.8 Å². The number of aliphatic carboxylic acids is 1. The van der Waals surface area contributed by atoms with Gasteiger partial charge in [0, 0.05) is 13.1 Å². The lowest BCUT2D eigenvalue weighted by atomic mass is 9.99. The van der Waals surface area contributed by atoms with Crippen LogP contribution < -0.4 is 9.47 Å². The zero-order valence-corrected chi connectivity index (χ0v) is 12.3. The van der Waals surface area contributed by atoms with E-state index in [2.05, 4.69) is 0 Å². The van der Waals surface area contributed by atoms with E-state index in [1.165, 1.54) is 14.2 Å². The Labute approximate surface area is 123 Å². The average Bonchev–Trinajstić information content (AvgIpc) is 2.87. The number of carboxylic acids is 1. The Morgan fingerprint density at radius 3 is 2.48 bits per heavy atom. The lowest BCUT2D eigenvalue weighted by Crippen LogP contribution is -2.30. The number of rotatable bonds is 4. The van der Waals surface area contributed by atoms with Crippen molar-refractivity contribution in [1.82, 2.24) is 4.90 Å². The van der Waals surface area contributed by atoms with Crippen LogP contribution in [-0.2, 0) is 4.79 Å². The van der Waals surface area contributed by atoms with E-state index in [1.807, 2.05) is 6.92 Å². The van der Waals surface area contributed by atoms with Gasteiger partial charge < -0.3 is 19.5 Å². The number of carboxylic acid groups (broad SMARTS) is 1. The molecule has 1 aromatic rings. The molecule has 1 saturated heterocycles. The van der Waals surface area contributed by atoms with Crippen LogP contribution in [0, 0.1) is 11.8 Å². The number of para-hydroxylation sites is 1. The second kappa shape index (κ2) is 6.03. The molecule has 1 aliphatic rings. The molecule has 6 heteroatoms. The summed E-state index contributed by atoms with van der Waals surface area (Å²) in [6, 6.07) is 5.08. The first-order valence-electron chi connectivity index (χ1n) is 6.72. The van der Waals surface area contributed by atoms with Gasteiger partial charge in [-0.25, -0.2) is 0 Å². The highest BCUT2D eigenvalue weighted by Gasteiger charge is 2.38. The standard InChI is InChI=1S/C15H19NO5/c1-9-7-16(8-11(9)15(18)19)14(17)10-5-4-6-12(20-2)13(10)21-3/h4-6,9,11H,7-8H2,1-3H3,(H,18,19)/t9-,11-/m1/s1. The van der Waals surface area contributed by atoms with E-state index < -0.39 is 11.9 Å². The van der Waals surface area contributed by atoms with Gasteiger partial charge in [-0.15, -0.1) is 0 Å². The second-order valence-corrected chi connectivity index (χ2v) is 5.17. The number of likely N-dealkylation sites (tertiary alicyclic amines) is 1. The minimum Gasteiger partial charge on any atom is -0.493 e.